The minimum atomic E-state index is -0.988. The minimum absolute atomic E-state index is 0.0902. The van der Waals surface area contributed by atoms with Gasteiger partial charge in [-0.3, -0.25) is 9.59 Å². The van der Waals surface area contributed by atoms with Crippen LogP contribution in [-0.2, 0) is 19.1 Å². The number of hydrogen-bond acceptors (Lipinski definition) is 5. The molecule has 6 nitrogen and oxygen atoms in total. The van der Waals surface area contributed by atoms with Gasteiger partial charge in [-0.25, -0.2) is 4.79 Å². The molecule has 0 atom stereocenters. The summed E-state index contributed by atoms with van der Waals surface area (Å²) < 4.78 is 8.71. The first-order chi connectivity index (χ1) is 7.56. The quantitative estimate of drug-likeness (QED) is 0.408. The number of carbonyl (C=O) groups excluding carboxylic acids is 2. The molecule has 0 heterocycles. The highest BCUT2D eigenvalue weighted by atomic mass is 16.7. The van der Waals surface area contributed by atoms with Gasteiger partial charge >= 0.3 is 18.1 Å². The molecular weight excluding hydrogens is 216 g/mol. The minimum Gasteiger partial charge on any atom is -0.481 e. The Labute approximate surface area is 93.5 Å². The van der Waals surface area contributed by atoms with Crippen LogP contribution in [0, 0.1) is 0 Å². The van der Waals surface area contributed by atoms with Crippen LogP contribution < -0.4 is 0 Å². The van der Waals surface area contributed by atoms with Gasteiger partial charge in [0.05, 0.1) is 6.61 Å². The van der Waals surface area contributed by atoms with E-state index in [-0.39, 0.29) is 19.4 Å². The molecule has 0 unspecified atom stereocenters. The molecule has 0 fully saturated rings. The largest absolute Gasteiger partial charge is 0.516 e. The van der Waals surface area contributed by atoms with Gasteiger partial charge in [0.1, 0.15) is 0 Å². The highest BCUT2D eigenvalue weighted by molar-refractivity contribution is 5.81. The molecule has 16 heavy (non-hydrogen) atoms. The fourth-order valence-electron chi connectivity index (χ4n) is 1.01. The van der Waals surface area contributed by atoms with Crippen LogP contribution in [0.4, 0.5) is 4.79 Å². The van der Waals surface area contributed by atoms with Crippen LogP contribution in [0.3, 0.4) is 0 Å². The summed E-state index contributed by atoms with van der Waals surface area (Å²) in [6.45, 7) is 1.77. The van der Waals surface area contributed by atoms with E-state index in [9.17, 15) is 14.4 Å². The van der Waals surface area contributed by atoms with Crippen molar-refractivity contribution in [1.82, 2.24) is 0 Å². The highest BCUT2D eigenvalue weighted by Gasteiger charge is 2.10. The zero-order valence-electron chi connectivity index (χ0n) is 9.23. The molecule has 0 aromatic carbocycles. The molecule has 0 amide bonds. The summed E-state index contributed by atoms with van der Waals surface area (Å²) in [5.74, 6) is -1.50. The van der Waals surface area contributed by atoms with E-state index in [2.05, 4.69) is 9.47 Å². The molecule has 92 valence electrons. The molecule has 0 aliphatic carbocycles. The topological polar surface area (TPSA) is 89.9 Å². The van der Waals surface area contributed by atoms with Crippen LogP contribution in [0.1, 0.15) is 39.0 Å². The van der Waals surface area contributed by atoms with Gasteiger partial charge in [-0.2, -0.15) is 0 Å². The molecule has 0 aliphatic heterocycles. The third-order valence-electron chi connectivity index (χ3n) is 1.73. The van der Waals surface area contributed by atoms with Crippen molar-refractivity contribution in [3.05, 3.63) is 0 Å². The zero-order valence-corrected chi connectivity index (χ0v) is 9.23. The first-order valence-electron chi connectivity index (χ1n) is 5.15. The number of hydrogen-bond donors (Lipinski definition) is 1. The van der Waals surface area contributed by atoms with E-state index < -0.39 is 18.1 Å². The Kier molecular flexibility index (Phi) is 7.83. The van der Waals surface area contributed by atoms with Gasteiger partial charge < -0.3 is 14.6 Å². The van der Waals surface area contributed by atoms with E-state index >= 15 is 0 Å². The Bertz CT molecular complexity index is 248. The first-order valence-corrected chi connectivity index (χ1v) is 5.15. The Hall–Kier alpha value is -1.59. The van der Waals surface area contributed by atoms with Crippen molar-refractivity contribution in [2.24, 2.45) is 0 Å². The van der Waals surface area contributed by atoms with Gasteiger partial charge in [0.15, 0.2) is 0 Å². The molecule has 0 aromatic heterocycles. The number of carboxylic acid groups (broad SMARTS) is 1. The van der Waals surface area contributed by atoms with Crippen molar-refractivity contribution in [2.45, 2.75) is 39.0 Å². The third kappa shape index (κ3) is 8.98. The maximum absolute atomic E-state index is 11.0. The monoisotopic (exact) mass is 232 g/mol. The van der Waals surface area contributed by atoms with Crippen molar-refractivity contribution in [2.75, 3.05) is 6.61 Å². The van der Waals surface area contributed by atoms with Gasteiger partial charge in [-0.15, -0.1) is 0 Å². The molecule has 0 spiro atoms. The van der Waals surface area contributed by atoms with E-state index in [0.717, 1.165) is 0 Å². The smallest absolute Gasteiger partial charge is 0.481 e. The van der Waals surface area contributed by atoms with Crippen molar-refractivity contribution in [1.29, 1.82) is 0 Å². The number of carbonyl (C=O) groups is 3. The van der Waals surface area contributed by atoms with Crippen molar-refractivity contribution in [3.63, 3.8) is 0 Å². The lowest BCUT2D eigenvalue weighted by molar-refractivity contribution is -0.140. The van der Waals surface area contributed by atoms with Crippen LogP contribution in [0.5, 0.6) is 0 Å². The number of unbranched alkanes of at least 4 members (excludes halogenated alkanes) is 2. The van der Waals surface area contributed by atoms with E-state index in [1.54, 1.807) is 6.92 Å². The van der Waals surface area contributed by atoms with Crippen LogP contribution in [0.2, 0.25) is 0 Å². The summed E-state index contributed by atoms with van der Waals surface area (Å²) >= 11 is 0. The van der Waals surface area contributed by atoms with Gasteiger partial charge in [0, 0.05) is 12.8 Å². The molecule has 0 aliphatic rings. The Morgan fingerprint density at radius 3 is 2.25 bits per heavy atom. The lowest BCUT2D eigenvalue weighted by Gasteiger charge is -2.02. The average molecular weight is 232 g/mol. The van der Waals surface area contributed by atoms with Crippen molar-refractivity contribution >= 4 is 18.1 Å². The van der Waals surface area contributed by atoms with E-state index in [1.807, 2.05) is 0 Å². The van der Waals surface area contributed by atoms with Crippen molar-refractivity contribution in [3.8, 4) is 0 Å². The lowest BCUT2D eigenvalue weighted by Crippen LogP contribution is -2.13. The molecule has 0 saturated carbocycles. The SMILES string of the molecule is CCOC(=O)OC(=O)CCCCCC(=O)O. The summed E-state index contributed by atoms with van der Waals surface area (Å²) in [6, 6.07) is 0. The summed E-state index contributed by atoms with van der Waals surface area (Å²) in [6.07, 6.45) is 0.835. The predicted octanol–water partition coefficient (Wildman–Crippen LogP) is 1.72. The Morgan fingerprint density at radius 2 is 1.69 bits per heavy atom. The van der Waals surface area contributed by atoms with Gasteiger partial charge in [0.25, 0.3) is 0 Å². The molecule has 0 bridgehead atoms. The van der Waals surface area contributed by atoms with Crippen LogP contribution in [0.15, 0.2) is 0 Å². The Morgan fingerprint density at radius 1 is 1.06 bits per heavy atom. The van der Waals surface area contributed by atoms with Gasteiger partial charge in [0.2, 0.25) is 0 Å². The molecule has 1 N–H and O–H groups in total. The highest BCUT2D eigenvalue weighted by Crippen LogP contribution is 2.04. The molecule has 0 rings (SSSR count). The molecule has 0 aromatic rings. The predicted molar refractivity (Wildman–Crippen MR) is 53.8 cm³/mol. The number of esters is 1. The van der Waals surface area contributed by atoms with Crippen LogP contribution >= 0.6 is 0 Å². The standard InChI is InChI=1S/C10H16O6/c1-2-15-10(14)16-9(13)7-5-3-4-6-8(11)12/h2-7H2,1H3,(H,11,12). The lowest BCUT2D eigenvalue weighted by atomic mass is 10.1. The summed E-state index contributed by atoms with van der Waals surface area (Å²) in [4.78, 5) is 31.8. The molecular formula is C10H16O6. The normalized spacial score (nSPS) is 9.56. The van der Waals surface area contributed by atoms with Crippen molar-refractivity contribution < 1.29 is 29.0 Å². The summed E-state index contributed by atoms with van der Waals surface area (Å²) in [5.41, 5.74) is 0. The molecule has 0 saturated heterocycles. The van der Waals surface area contributed by atoms with Crippen LogP contribution in [-0.4, -0.2) is 29.8 Å². The first kappa shape index (κ1) is 14.4. The summed E-state index contributed by atoms with van der Waals surface area (Å²) in [5, 5.41) is 8.35. The molecule has 6 heteroatoms. The fraction of sp³-hybridized carbons (Fsp3) is 0.700. The second kappa shape index (κ2) is 8.70. The maximum Gasteiger partial charge on any atom is 0.516 e. The third-order valence-corrected chi connectivity index (χ3v) is 1.73. The number of carboxylic acids is 1. The maximum atomic E-state index is 11.0. The van der Waals surface area contributed by atoms with Gasteiger partial charge in [-0.05, 0) is 19.8 Å². The number of aliphatic carboxylic acids is 1. The molecule has 0 radical (unpaired) electrons. The fourth-order valence-corrected chi connectivity index (χ4v) is 1.01. The van der Waals surface area contributed by atoms with Crippen LogP contribution in [0.25, 0.3) is 0 Å². The second-order valence-electron chi connectivity index (χ2n) is 3.11. The van der Waals surface area contributed by atoms with Gasteiger partial charge in [-0.1, -0.05) is 6.42 Å². The number of rotatable bonds is 7. The average Bonchev–Trinajstić information content (AvgIpc) is 2.16. The Balaban J connectivity index is 3.43. The second-order valence-corrected chi connectivity index (χ2v) is 3.11. The van der Waals surface area contributed by atoms with E-state index in [1.165, 1.54) is 0 Å². The number of ether oxygens (including phenoxy) is 2. The van der Waals surface area contributed by atoms with E-state index in [0.29, 0.717) is 19.3 Å². The van der Waals surface area contributed by atoms with E-state index in [4.69, 9.17) is 5.11 Å². The zero-order chi connectivity index (χ0) is 12.4. The summed E-state index contributed by atoms with van der Waals surface area (Å²) in [7, 11) is 0.